The first-order valence-electron chi connectivity index (χ1n) is 41.8. The summed E-state index contributed by atoms with van der Waals surface area (Å²) in [5.74, 6) is 0. The van der Waals surface area contributed by atoms with E-state index in [0.29, 0.717) is 0 Å². The Hall–Kier alpha value is -12.2. The molecule has 562 valence electrons. The first-order valence-corrected chi connectivity index (χ1v) is 45.8. The van der Waals surface area contributed by atoms with E-state index in [1.807, 2.05) is 58.4 Å². The van der Waals surface area contributed by atoms with Crippen molar-refractivity contribution in [2.75, 3.05) is 9.62 Å². The van der Waals surface area contributed by atoms with Crippen LogP contribution in [0.25, 0.3) is 174 Å². The van der Waals surface area contributed by atoms with Crippen molar-refractivity contribution in [3.8, 4) is 44.8 Å². The molecule has 29 rings (SSSR count). The molecular weight excluding hydrogens is 1560 g/mol. The van der Waals surface area contributed by atoms with E-state index in [2.05, 4.69) is 338 Å². The van der Waals surface area contributed by atoms with Gasteiger partial charge in [-0.3, -0.25) is 0 Å². The van der Waals surface area contributed by atoms with Crippen molar-refractivity contribution in [2.45, 2.75) is 97.5 Å². The number of anilines is 4. The summed E-state index contributed by atoms with van der Waals surface area (Å²) in [6.45, 7) is 11.8. The van der Waals surface area contributed by atoms with Crippen LogP contribution in [0.4, 0.5) is 22.7 Å². The Morgan fingerprint density at radius 3 is 1.62 bits per heavy atom. The minimum Gasteiger partial charge on any atom is -0.456 e. The molecule has 6 aliphatic heterocycles. The van der Waals surface area contributed by atoms with E-state index in [-0.39, 0.29) is 24.5 Å². The van der Waals surface area contributed by atoms with Crippen LogP contribution in [-0.4, -0.2) is 22.8 Å². The van der Waals surface area contributed by atoms with Gasteiger partial charge in [0.15, 0.2) is 0 Å². The highest BCUT2D eigenvalue weighted by Gasteiger charge is 2.50. The van der Waals surface area contributed by atoms with E-state index < -0.39 is 0 Å². The first kappa shape index (κ1) is 66.7. The van der Waals surface area contributed by atoms with Gasteiger partial charge in [-0.2, -0.15) is 0 Å². The number of nitrogens with zero attached hydrogens (tertiary/aromatic N) is 4. The molecule has 0 N–H and O–H groups in total. The predicted octanol–water partition coefficient (Wildman–Crippen LogP) is 28.4. The normalized spacial score (nSPS) is 15.4. The fourth-order valence-corrected chi connectivity index (χ4v) is 28.6. The van der Waals surface area contributed by atoms with Crippen molar-refractivity contribution in [2.24, 2.45) is 0 Å². The minimum atomic E-state index is -0.255. The van der Waals surface area contributed by atoms with E-state index in [1.54, 1.807) is 0 Å². The molecule has 0 bridgehead atoms. The van der Waals surface area contributed by atoms with Gasteiger partial charge in [0.1, 0.15) is 22.3 Å². The lowest BCUT2D eigenvalue weighted by Crippen LogP contribution is -2.60. The van der Waals surface area contributed by atoms with Crippen molar-refractivity contribution in [3.05, 3.63) is 302 Å². The number of fused-ring (bicyclic) bond motifs is 33. The van der Waals surface area contributed by atoms with Crippen molar-refractivity contribution in [1.29, 1.82) is 0 Å². The van der Waals surface area contributed by atoms with Crippen LogP contribution in [-0.2, 0) is 10.8 Å². The number of thiophene rings is 1. The molecule has 0 spiro atoms. The van der Waals surface area contributed by atoms with Crippen LogP contribution in [0, 0.1) is 6.92 Å². The van der Waals surface area contributed by atoms with Gasteiger partial charge in [-0.1, -0.05) is 251 Å². The van der Waals surface area contributed by atoms with Gasteiger partial charge in [-0.25, -0.2) is 0 Å². The highest BCUT2D eigenvalue weighted by atomic mass is 32.2. The standard InChI is InChI=1S/C107H66B2N4O2S5/c1-55-44-72-73(107(4,5)43-42-106(72,2)3)51-77(55)113-79-53-93-91(116-86-33-12-14-35-88(86)118-93)49-70(79)97-96-66-41-39-59(47-84(66)114-85(96)52-82-99(97)108(113)74-29-17-27-64-68-45-57-21-6-7-22-58(57)46-78(68)110(82)102(64)74)60-25-19-37-90-95(60)67-28-18-31-76(105(67)120-90)112-80-54-94-92(117-87-34-13-15-36-89(87)119-94)50-71(80)98-100-81(48-69-62-24-10-11-32-83(62)115-104(69)98)111-101-61-23-9-8-20-56(61)38-40-65(101)63-26-16-30-75(103(63)111)109(100)112/h6-41,44-54H,42-43H2,1-5H3. The second-order valence-corrected chi connectivity index (χ2v) is 40.8. The van der Waals surface area contributed by atoms with Crippen molar-refractivity contribution in [1.82, 2.24) is 9.13 Å². The van der Waals surface area contributed by atoms with Crippen LogP contribution in [0.2, 0.25) is 0 Å². The van der Waals surface area contributed by atoms with Crippen LogP contribution < -0.4 is 31.5 Å². The third-order valence-electron chi connectivity index (χ3n) is 28.3. The Kier molecular flexibility index (Phi) is 12.9. The lowest BCUT2D eigenvalue weighted by atomic mass is 9.43. The second-order valence-electron chi connectivity index (χ2n) is 35.5. The van der Waals surface area contributed by atoms with E-state index >= 15 is 0 Å². The zero-order valence-electron chi connectivity index (χ0n) is 65.9. The molecule has 0 saturated heterocycles. The van der Waals surface area contributed by atoms with E-state index in [9.17, 15) is 0 Å². The number of rotatable bonds is 3. The minimum absolute atomic E-state index is 0.0161. The third-order valence-corrected chi connectivity index (χ3v) is 34.5. The molecule has 5 aromatic heterocycles. The SMILES string of the molecule is Cc1cc2c(cc1N1B3c4c(cc5oc6cc(-c7cccc8sc9c(N%10B%11c%12c(cc%13c(oc%14ccccc%14%13)c%12-c%12cc%13c(cc%12%10)Sc%10ccccc%10S%13)-n%10c%12c%11cccc%12c%11ccc%12ccccc%12c%11%10)cccc9c78)ccc6c5c4-c4cc5c(cc41)Sc1ccccc1S5)-n1c4cc5ccccc5cc4c4cccc3c41)C(C)(C)CCC2(C)C. The zero-order valence-corrected chi connectivity index (χ0v) is 69.9. The summed E-state index contributed by atoms with van der Waals surface area (Å²) in [4.78, 5) is 15.8. The van der Waals surface area contributed by atoms with Crippen LogP contribution in [0.3, 0.4) is 0 Å². The molecular formula is C107H66B2N4O2S5. The summed E-state index contributed by atoms with van der Waals surface area (Å²) in [6, 6.07) is 110. The largest absolute Gasteiger partial charge is 0.456 e. The summed E-state index contributed by atoms with van der Waals surface area (Å²) in [5, 5.41) is 16.9. The molecule has 11 heterocycles. The number of hydrogen-bond acceptors (Lipinski definition) is 9. The fraction of sp³-hybridized carbons (Fsp3) is 0.0841. The molecule has 0 saturated carbocycles. The maximum absolute atomic E-state index is 7.76. The van der Waals surface area contributed by atoms with Crippen LogP contribution >= 0.6 is 58.4 Å². The molecule has 22 aromatic rings. The number of benzene rings is 17. The molecule has 13 heteroatoms. The Bertz CT molecular complexity index is 8650. The second kappa shape index (κ2) is 23.2. The molecule has 17 aromatic carbocycles. The topological polar surface area (TPSA) is 42.6 Å². The summed E-state index contributed by atoms with van der Waals surface area (Å²) in [6.07, 6.45) is 2.29. The van der Waals surface area contributed by atoms with Gasteiger partial charge in [0.2, 0.25) is 0 Å². The molecule has 0 unspecified atom stereocenters. The number of aryl methyl sites for hydroxylation is 1. The Balaban J connectivity index is 0.669. The number of furan rings is 2. The Morgan fingerprint density at radius 2 is 0.892 bits per heavy atom. The molecule has 120 heavy (non-hydrogen) atoms. The highest BCUT2D eigenvalue weighted by Crippen LogP contribution is 2.61. The Morgan fingerprint density at radius 1 is 0.333 bits per heavy atom. The van der Waals surface area contributed by atoms with Gasteiger partial charge in [0, 0.05) is 160 Å². The lowest BCUT2D eigenvalue weighted by Gasteiger charge is -2.46. The molecule has 6 nitrogen and oxygen atoms in total. The van der Waals surface area contributed by atoms with Gasteiger partial charge in [0.25, 0.3) is 0 Å². The maximum atomic E-state index is 7.76. The average Bonchev–Trinajstić information content (AvgIpc) is 1.49. The molecule has 0 amide bonds. The van der Waals surface area contributed by atoms with Crippen molar-refractivity contribution in [3.63, 3.8) is 0 Å². The van der Waals surface area contributed by atoms with E-state index in [0.717, 1.165) is 62.3 Å². The smallest absolute Gasteiger partial charge is 0.333 e. The molecule has 0 fully saturated rings. The summed E-state index contributed by atoms with van der Waals surface area (Å²) >= 11 is 9.51. The number of hydrogen-bond donors (Lipinski definition) is 0. The summed E-state index contributed by atoms with van der Waals surface area (Å²) in [5.41, 5.74) is 32.3. The molecule has 0 atom stereocenters. The van der Waals surface area contributed by atoms with Gasteiger partial charge >= 0.3 is 13.7 Å². The number of aromatic nitrogens is 2. The zero-order chi connectivity index (χ0) is 78.5. The van der Waals surface area contributed by atoms with E-state index in [4.69, 9.17) is 8.83 Å². The monoisotopic (exact) mass is 1620 g/mol. The van der Waals surface area contributed by atoms with Gasteiger partial charge in [0.05, 0.1) is 26.8 Å². The third kappa shape index (κ3) is 8.59. The molecule has 0 radical (unpaired) electrons. The molecule has 1 aliphatic carbocycles. The molecule has 7 aliphatic rings. The van der Waals surface area contributed by atoms with Crippen LogP contribution in [0.1, 0.15) is 57.2 Å². The van der Waals surface area contributed by atoms with Gasteiger partial charge in [-0.05, 0) is 205 Å². The van der Waals surface area contributed by atoms with Crippen LogP contribution in [0.5, 0.6) is 0 Å². The fourth-order valence-electron chi connectivity index (χ4n) is 22.8. The first-order chi connectivity index (χ1) is 58.9. The van der Waals surface area contributed by atoms with Gasteiger partial charge < -0.3 is 27.6 Å². The average molecular weight is 1620 g/mol. The predicted molar refractivity (Wildman–Crippen MR) is 510 cm³/mol. The van der Waals surface area contributed by atoms with Crippen molar-refractivity contribution >= 4 is 246 Å². The van der Waals surface area contributed by atoms with Gasteiger partial charge in [-0.15, -0.1) is 11.3 Å². The van der Waals surface area contributed by atoms with Crippen molar-refractivity contribution < 1.29 is 8.83 Å². The quantitative estimate of drug-likeness (QED) is 0.162. The Labute approximate surface area is 711 Å². The maximum Gasteiger partial charge on any atom is 0.333 e. The summed E-state index contributed by atoms with van der Waals surface area (Å²) < 4.78 is 22.9. The number of para-hydroxylation sites is 3. The summed E-state index contributed by atoms with van der Waals surface area (Å²) in [7, 11) is 0. The van der Waals surface area contributed by atoms with E-state index in [1.165, 1.54) is 225 Å². The highest BCUT2D eigenvalue weighted by molar-refractivity contribution is 8.05. The van der Waals surface area contributed by atoms with Crippen LogP contribution in [0.15, 0.2) is 333 Å². The lowest BCUT2D eigenvalue weighted by molar-refractivity contribution is 0.332.